The van der Waals surface area contributed by atoms with Crippen LogP contribution in [0, 0.1) is 0 Å². The van der Waals surface area contributed by atoms with Gasteiger partial charge < -0.3 is 15.5 Å². The third-order valence-electron chi connectivity index (χ3n) is 6.35. The van der Waals surface area contributed by atoms with E-state index in [0.717, 1.165) is 31.0 Å². The molecule has 1 saturated heterocycles. The van der Waals surface area contributed by atoms with Gasteiger partial charge in [-0.2, -0.15) is 4.98 Å². The Bertz CT molecular complexity index is 1550. The minimum Gasteiger partial charge on any atom is -0.369 e. The zero-order valence-corrected chi connectivity index (χ0v) is 21.3. The quantitative estimate of drug-likeness (QED) is 0.371. The summed E-state index contributed by atoms with van der Waals surface area (Å²) in [6.07, 6.45) is 3.14. The van der Waals surface area contributed by atoms with Gasteiger partial charge in [0, 0.05) is 49.3 Å². The third-order valence-corrected chi connectivity index (χ3v) is 6.35. The second-order valence-corrected chi connectivity index (χ2v) is 9.46. The van der Waals surface area contributed by atoms with Gasteiger partial charge in [-0.25, -0.2) is 19.0 Å². The fourth-order valence-electron chi connectivity index (χ4n) is 4.56. The summed E-state index contributed by atoms with van der Waals surface area (Å²) in [5.41, 5.74) is 1.90. The van der Waals surface area contributed by atoms with Crippen LogP contribution in [-0.2, 0) is 6.54 Å². The van der Waals surface area contributed by atoms with Gasteiger partial charge >= 0.3 is 0 Å². The highest BCUT2D eigenvalue weighted by Gasteiger charge is 2.19. The van der Waals surface area contributed by atoms with Gasteiger partial charge in [0.15, 0.2) is 11.5 Å². The van der Waals surface area contributed by atoms with E-state index >= 15 is 0 Å². The molecule has 1 atom stereocenters. The molecule has 37 heavy (non-hydrogen) atoms. The van der Waals surface area contributed by atoms with Gasteiger partial charge in [-0.05, 0) is 51.1 Å². The lowest BCUT2D eigenvalue weighted by atomic mass is 10.2. The number of benzene rings is 1. The number of allylic oxidation sites excluding steroid dienone is 1. The SMILES string of the molecule is C=CCn1c(=O)c2cnc(Nc3ccc(N4CCNC(C)C4)cc3)nc2n1-c1ccc(=O)n(C(C)C)n1. The molecule has 1 aliphatic rings. The molecule has 192 valence electrons. The van der Waals surface area contributed by atoms with Gasteiger partial charge in [0.25, 0.3) is 11.1 Å². The van der Waals surface area contributed by atoms with Crippen molar-refractivity contribution in [2.75, 3.05) is 29.9 Å². The Labute approximate surface area is 214 Å². The fraction of sp³-hybridized carbons (Fsp3) is 0.346. The lowest BCUT2D eigenvalue weighted by molar-refractivity contribution is 0.485. The predicted molar refractivity (Wildman–Crippen MR) is 145 cm³/mol. The number of aromatic nitrogens is 6. The van der Waals surface area contributed by atoms with Crippen LogP contribution < -0.4 is 26.7 Å². The Kier molecular flexibility index (Phi) is 6.62. The highest BCUT2D eigenvalue weighted by molar-refractivity contribution is 5.77. The molecule has 0 amide bonds. The third kappa shape index (κ3) is 4.77. The van der Waals surface area contributed by atoms with E-state index in [1.165, 1.54) is 21.6 Å². The van der Waals surface area contributed by atoms with Gasteiger partial charge in [0.1, 0.15) is 5.39 Å². The zero-order valence-electron chi connectivity index (χ0n) is 21.3. The van der Waals surface area contributed by atoms with E-state index < -0.39 is 0 Å². The molecule has 0 aliphatic carbocycles. The molecule has 1 aromatic carbocycles. The van der Waals surface area contributed by atoms with Gasteiger partial charge in [-0.15, -0.1) is 11.7 Å². The molecule has 4 aromatic rings. The van der Waals surface area contributed by atoms with Gasteiger partial charge in [0.2, 0.25) is 5.95 Å². The Morgan fingerprint density at radius 3 is 2.68 bits per heavy atom. The molecular weight excluding hydrogens is 470 g/mol. The molecule has 1 aliphatic heterocycles. The molecule has 2 N–H and O–H groups in total. The Morgan fingerprint density at radius 1 is 1.19 bits per heavy atom. The zero-order chi connectivity index (χ0) is 26.1. The predicted octanol–water partition coefficient (Wildman–Crippen LogP) is 2.45. The molecule has 5 rings (SSSR count). The van der Waals surface area contributed by atoms with Crippen molar-refractivity contribution < 1.29 is 0 Å². The van der Waals surface area contributed by atoms with Crippen molar-refractivity contribution in [3.63, 3.8) is 0 Å². The molecule has 0 spiro atoms. The standard InChI is InChI=1S/C26H31N9O2/c1-5-13-33-25(37)21-15-28-26(29-19-6-8-20(9-7-19)32-14-12-27-18(4)16-32)30-24(21)35(33)22-10-11-23(36)34(31-22)17(2)3/h5-11,15,17-18,27H,1,12-14,16H2,2-4H3,(H,28,29,30). The van der Waals surface area contributed by atoms with E-state index in [9.17, 15) is 9.59 Å². The van der Waals surface area contributed by atoms with Crippen LogP contribution in [0.3, 0.4) is 0 Å². The van der Waals surface area contributed by atoms with Crippen molar-refractivity contribution in [3.8, 4) is 5.82 Å². The number of piperazine rings is 1. The Morgan fingerprint density at radius 2 is 1.97 bits per heavy atom. The minimum atomic E-state index is -0.264. The molecule has 11 heteroatoms. The number of nitrogens with one attached hydrogen (secondary N) is 2. The molecule has 3 aromatic heterocycles. The maximum absolute atomic E-state index is 13.2. The molecule has 1 fully saturated rings. The van der Waals surface area contributed by atoms with Crippen LogP contribution in [0.2, 0.25) is 0 Å². The second-order valence-electron chi connectivity index (χ2n) is 9.46. The lowest BCUT2D eigenvalue weighted by Gasteiger charge is -2.33. The summed E-state index contributed by atoms with van der Waals surface area (Å²) in [6, 6.07) is 11.5. The first-order valence-corrected chi connectivity index (χ1v) is 12.4. The largest absolute Gasteiger partial charge is 0.369 e. The normalized spacial score (nSPS) is 15.9. The van der Waals surface area contributed by atoms with Crippen molar-refractivity contribution in [3.05, 3.63) is 76.0 Å². The minimum absolute atomic E-state index is 0.145. The fourth-order valence-corrected chi connectivity index (χ4v) is 4.56. The number of anilines is 3. The van der Waals surface area contributed by atoms with Crippen LogP contribution in [0.5, 0.6) is 0 Å². The highest BCUT2D eigenvalue weighted by Crippen LogP contribution is 2.22. The summed E-state index contributed by atoms with van der Waals surface area (Å²) < 4.78 is 4.47. The van der Waals surface area contributed by atoms with Crippen LogP contribution in [-0.4, -0.2) is 54.8 Å². The first kappa shape index (κ1) is 24.4. The molecular formula is C26H31N9O2. The van der Waals surface area contributed by atoms with E-state index in [-0.39, 0.29) is 23.7 Å². The molecule has 4 heterocycles. The van der Waals surface area contributed by atoms with Gasteiger partial charge in [0.05, 0.1) is 12.6 Å². The Hall–Kier alpha value is -4.25. The van der Waals surface area contributed by atoms with E-state index in [0.29, 0.717) is 28.8 Å². The van der Waals surface area contributed by atoms with E-state index in [4.69, 9.17) is 0 Å². The first-order chi connectivity index (χ1) is 17.9. The second kappa shape index (κ2) is 10.0. The topological polar surface area (TPSA) is 115 Å². The molecule has 0 saturated carbocycles. The van der Waals surface area contributed by atoms with Crippen LogP contribution in [0.15, 0.2) is 64.8 Å². The van der Waals surface area contributed by atoms with Gasteiger partial charge in [-0.3, -0.25) is 9.59 Å². The average molecular weight is 502 g/mol. The number of rotatable bonds is 7. The van der Waals surface area contributed by atoms with Crippen LogP contribution in [0.25, 0.3) is 16.9 Å². The monoisotopic (exact) mass is 501 g/mol. The summed E-state index contributed by atoms with van der Waals surface area (Å²) in [6.45, 7) is 12.8. The summed E-state index contributed by atoms with van der Waals surface area (Å²) in [7, 11) is 0. The average Bonchev–Trinajstić information content (AvgIpc) is 3.15. The maximum Gasteiger partial charge on any atom is 0.278 e. The van der Waals surface area contributed by atoms with Gasteiger partial charge in [-0.1, -0.05) is 6.08 Å². The van der Waals surface area contributed by atoms with E-state index in [2.05, 4.69) is 56.2 Å². The summed E-state index contributed by atoms with van der Waals surface area (Å²) in [5.74, 6) is 0.749. The van der Waals surface area contributed by atoms with Crippen LogP contribution in [0.4, 0.5) is 17.3 Å². The van der Waals surface area contributed by atoms with Crippen LogP contribution >= 0.6 is 0 Å². The first-order valence-electron chi connectivity index (χ1n) is 12.4. The molecule has 11 nitrogen and oxygen atoms in total. The van der Waals surface area contributed by atoms with Crippen molar-refractivity contribution in [1.82, 2.24) is 34.4 Å². The van der Waals surface area contributed by atoms with Crippen molar-refractivity contribution >= 4 is 28.4 Å². The van der Waals surface area contributed by atoms with Crippen LogP contribution in [0.1, 0.15) is 26.8 Å². The van der Waals surface area contributed by atoms with E-state index in [1.54, 1.807) is 16.8 Å². The summed E-state index contributed by atoms with van der Waals surface area (Å²) in [4.78, 5) is 36.9. The number of hydrogen-bond acceptors (Lipinski definition) is 8. The smallest absolute Gasteiger partial charge is 0.278 e. The molecule has 0 radical (unpaired) electrons. The van der Waals surface area contributed by atoms with E-state index in [1.807, 2.05) is 26.0 Å². The van der Waals surface area contributed by atoms with Crippen molar-refractivity contribution in [2.24, 2.45) is 0 Å². The number of hydrogen-bond donors (Lipinski definition) is 2. The molecule has 1 unspecified atom stereocenters. The Balaban J connectivity index is 1.52. The van der Waals surface area contributed by atoms with Crippen molar-refractivity contribution in [1.29, 1.82) is 0 Å². The summed E-state index contributed by atoms with van der Waals surface area (Å²) in [5, 5.41) is 11.5. The maximum atomic E-state index is 13.2. The lowest BCUT2D eigenvalue weighted by Crippen LogP contribution is -2.49. The molecule has 0 bridgehead atoms. The van der Waals surface area contributed by atoms with Crippen molar-refractivity contribution in [2.45, 2.75) is 39.4 Å². The number of fused-ring (bicyclic) bond motifs is 1. The highest BCUT2D eigenvalue weighted by atomic mass is 16.1. The summed E-state index contributed by atoms with van der Waals surface area (Å²) >= 11 is 0. The number of nitrogens with zero attached hydrogens (tertiary/aromatic N) is 7.